The van der Waals surface area contributed by atoms with Crippen LogP contribution in [0.3, 0.4) is 0 Å². The van der Waals surface area contributed by atoms with Crippen LogP contribution in [0.15, 0.2) is 54.6 Å². The summed E-state index contributed by atoms with van der Waals surface area (Å²) in [7, 11) is 0. The van der Waals surface area contributed by atoms with E-state index in [4.69, 9.17) is 4.98 Å². The van der Waals surface area contributed by atoms with Crippen molar-refractivity contribution < 1.29 is 9.59 Å². The average molecular weight is 597 g/mol. The monoisotopic (exact) mass is 596 g/mol. The van der Waals surface area contributed by atoms with Crippen LogP contribution < -0.4 is 10.2 Å². The van der Waals surface area contributed by atoms with Gasteiger partial charge in [-0.05, 0) is 70.2 Å². The molecule has 2 saturated heterocycles. The number of urea groups is 1. The van der Waals surface area contributed by atoms with Gasteiger partial charge in [-0.1, -0.05) is 56.7 Å². The quantitative estimate of drug-likeness (QED) is 0.328. The van der Waals surface area contributed by atoms with Gasteiger partial charge >= 0.3 is 6.03 Å². The Bertz CT molecular complexity index is 1460. The van der Waals surface area contributed by atoms with E-state index in [1.165, 1.54) is 24.1 Å². The highest BCUT2D eigenvalue weighted by atomic mass is 16.2. The summed E-state index contributed by atoms with van der Waals surface area (Å²) in [6, 6.07) is 19.4. The molecule has 2 aromatic carbocycles. The van der Waals surface area contributed by atoms with Gasteiger partial charge < -0.3 is 14.8 Å². The zero-order valence-electron chi connectivity index (χ0n) is 27.1. The normalized spacial score (nSPS) is 21.7. The van der Waals surface area contributed by atoms with Gasteiger partial charge in [0.1, 0.15) is 5.82 Å². The smallest absolute Gasteiger partial charge is 0.326 e. The molecule has 0 aliphatic carbocycles. The molecule has 8 nitrogen and oxygen atoms in total. The van der Waals surface area contributed by atoms with E-state index in [9.17, 15) is 9.59 Å². The van der Waals surface area contributed by atoms with Crippen LogP contribution >= 0.6 is 0 Å². The molecule has 2 bridgehead atoms. The minimum absolute atomic E-state index is 0.0927. The number of anilines is 2. The summed E-state index contributed by atoms with van der Waals surface area (Å²) in [5.74, 6) is 1.30. The van der Waals surface area contributed by atoms with Crippen molar-refractivity contribution in [2.75, 3.05) is 29.9 Å². The highest BCUT2D eigenvalue weighted by Crippen LogP contribution is 2.42. The number of para-hydroxylation sites is 1. The van der Waals surface area contributed by atoms with Crippen molar-refractivity contribution in [3.63, 3.8) is 0 Å². The van der Waals surface area contributed by atoms with Gasteiger partial charge in [0.05, 0.1) is 12.2 Å². The predicted molar refractivity (Wildman–Crippen MR) is 176 cm³/mol. The number of carbonyl (C=O) groups excluding carboxylic acids is 2. The van der Waals surface area contributed by atoms with E-state index in [1.807, 2.05) is 92.1 Å². The Hall–Kier alpha value is -3.65. The Morgan fingerprint density at radius 2 is 1.64 bits per heavy atom. The van der Waals surface area contributed by atoms with Crippen molar-refractivity contribution in [3.8, 4) is 0 Å². The molecule has 6 rings (SSSR count). The average Bonchev–Trinajstić information content (AvgIpc) is 3.45. The lowest BCUT2D eigenvalue weighted by Gasteiger charge is -2.41. The largest absolute Gasteiger partial charge is 0.336 e. The van der Waals surface area contributed by atoms with Crippen molar-refractivity contribution in [2.24, 2.45) is 5.41 Å². The molecule has 3 amide bonds. The summed E-state index contributed by atoms with van der Waals surface area (Å²) < 4.78 is 2.53. The Morgan fingerprint density at radius 1 is 0.955 bits per heavy atom. The number of hydrogen-bond donors (Lipinski definition) is 1. The number of amides is 3. The fraction of sp³-hybridized carbons (Fsp3) is 0.528. The third-order valence-corrected chi connectivity index (χ3v) is 9.80. The lowest BCUT2D eigenvalue weighted by molar-refractivity contribution is -0.140. The highest BCUT2D eigenvalue weighted by Gasteiger charge is 2.42. The van der Waals surface area contributed by atoms with Gasteiger partial charge in [0.2, 0.25) is 5.91 Å². The second kappa shape index (κ2) is 12.4. The van der Waals surface area contributed by atoms with E-state index in [0.717, 1.165) is 61.7 Å². The molecule has 2 atom stereocenters. The number of rotatable bonds is 7. The Balaban J connectivity index is 1.09. The third kappa shape index (κ3) is 6.27. The van der Waals surface area contributed by atoms with Crippen molar-refractivity contribution >= 4 is 23.3 Å². The van der Waals surface area contributed by atoms with Gasteiger partial charge in [0.15, 0.2) is 0 Å². The van der Waals surface area contributed by atoms with Gasteiger partial charge in [-0.3, -0.25) is 14.6 Å². The minimum Gasteiger partial charge on any atom is -0.336 e. The van der Waals surface area contributed by atoms with Crippen LogP contribution in [0, 0.1) is 19.3 Å². The molecule has 234 valence electrons. The predicted octanol–water partition coefficient (Wildman–Crippen LogP) is 6.73. The van der Waals surface area contributed by atoms with E-state index in [2.05, 4.69) is 21.7 Å². The number of nitrogens with one attached hydrogen (secondary N) is 1. The van der Waals surface area contributed by atoms with Gasteiger partial charge in [-0.15, -0.1) is 0 Å². The fourth-order valence-corrected chi connectivity index (χ4v) is 7.69. The lowest BCUT2D eigenvalue weighted by Crippen LogP contribution is -2.46. The van der Waals surface area contributed by atoms with Crippen LogP contribution in [0.1, 0.15) is 81.7 Å². The molecule has 44 heavy (non-hydrogen) atoms. The number of imidazole rings is 1. The molecule has 0 spiro atoms. The second-order valence-corrected chi connectivity index (χ2v) is 14.0. The molecule has 0 radical (unpaired) electrons. The number of aryl methyl sites for hydroxylation is 2. The molecule has 1 aromatic heterocycles. The highest BCUT2D eigenvalue weighted by molar-refractivity contribution is 6.01. The topological polar surface area (TPSA) is 73.7 Å². The van der Waals surface area contributed by atoms with Gasteiger partial charge in [0.25, 0.3) is 0 Å². The van der Waals surface area contributed by atoms with Crippen LogP contribution in [0.4, 0.5) is 16.2 Å². The van der Waals surface area contributed by atoms with E-state index in [0.29, 0.717) is 31.2 Å². The maximum atomic E-state index is 13.4. The SMILES string of the molecule is Cc1ccc(NC(=O)N(CCCN2[C@@H]3CC[C@@H]2CC(n2c(C)nc4c2CCN(C(=O)C(C)(C)C)C4)C3)c2ccccc2)cc1. The summed E-state index contributed by atoms with van der Waals surface area (Å²) in [5.41, 5.74) is 4.96. The summed E-state index contributed by atoms with van der Waals surface area (Å²) >= 11 is 0. The Labute approximate surface area is 262 Å². The van der Waals surface area contributed by atoms with Crippen molar-refractivity contribution in [1.82, 2.24) is 19.4 Å². The summed E-state index contributed by atoms with van der Waals surface area (Å²) in [6.07, 6.45) is 6.56. The first-order valence-electron chi connectivity index (χ1n) is 16.4. The standard InChI is InChI=1S/C36H48N6O2/c1-25-12-14-27(15-13-25)38-35(44)41(28-10-7-6-8-11-28)20-9-19-40-29-16-17-30(40)23-31(22-29)42-26(2)37-32-24-39(21-18-33(32)42)34(43)36(3,4)5/h6-8,10-15,29-31H,9,16-24H2,1-5H3,(H,38,44)/t29-,30-/m1/s1. The molecule has 2 fully saturated rings. The molecular weight excluding hydrogens is 548 g/mol. The zero-order valence-corrected chi connectivity index (χ0v) is 27.1. The Morgan fingerprint density at radius 3 is 2.30 bits per heavy atom. The molecule has 3 aliphatic heterocycles. The van der Waals surface area contributed by atoms with E-state index in [1.54, 1.807) is 0 Å². The second-order valence-electron chi connectivity index (χ2n) is 14.0. The number of nitrogens with zero attached hydrogens (tertiary/aromatic N) is 5. The third-order valence-electron chi connectivity index (χ3n) is 9.80. The number of benzene rings is 2. The van der Waals surface area contributed by atoms with E-state index < -0.39 is 0 Å². The summed E-state index contributed by atoms with van der Waals surface area (Å²) in [5, 5.41) is 3.10. The van der Waals surface area contributed by atoms with Crippen LogP contribution in [0.2, 0.25) is 0 Å². The number of carbonyl (C=O) groups is 2. The lowest BCUT2D eigenvalue weighted by atomic mass is 9.93. The Kier molecular flexibility index (Phi) is 8.55. The maximum Gasteiger partial charge on any atom is 0.326 e. The molecule has 1 N–H and O–H groups in total. The number of hydrogen-bond acceptors (Lipinski definition) is 4. The first kappa shape index (κ1) is 30.4. The van der Waals surface area contributed by atoms with Gasteiger partial charge in [-0.2, -0.15) is 0 Å². The first-order chi connectivity index (χ1) is 21.1. The molecule has 0 unspecified atom stereocenters. The van der Waals surface area contributed by atoms with Crippen LogP contribution in [-0.4, -0.2) is 63.0 Å². The maximum absolute atomic E-state index is 13.4. The molecule has 3 aliphatic rings. The van der Waals surface area contributed by atoms with Gasteiger partial charge in [0, 0.05) is 66.7 Å². The molecule has 3 aromatic rings. The minimum atomic E-state index is -0.371. The fourth-order valence-electron chi connectivity index (χ4n) is 7.69. The molecular formula is C36H48N6O2. The number of piperidine rings is 1. The number of fused-ring (bicyclic) bond motifs is 3. The molecule has 0 saturated carbocycles. The zero-order chi connectivity index (χ0) is 31.0. The summed E-state index contributed by atoms with van der Waals surface area (Å²) in [4.78, 5) is 38.0. The first-order valence-corrected chi connectivity index (χ1v) is 16.4. The van der Waals surface area contributed by atoms with E-state index in [-0.39, 0.29) is 17.4 Å². The van der Waals surface area contributed by atoms with Crippen LogP contribution in [0.25, 0.3) is 0 Å². The summed E-state index contributed by atoms with van der Waals surface area (Å²) in [6.45, 7) is 13.2. The number of aromatic nitrogens is 2. The van der Waals surface area contributed by atoms with Crippen LogP contribution in [-0.2, 0) is 17.8 Å². The van der Waals surface area contributed by atoms with Gasteiger partial charge in [-0.25, -0.2) is 9.78 Å². The molecule has 8 heteroatoms. The van der Waals surface area contributed by atoms with Crippen molar-refractivity contribution in [3.05, 3.63) is 77.4 Å². The van der Waals surface area contributed by atoms with Crippen LogP contribution in [0.5, 0.6) is 0 Å². The van der Waals surface area contributed by atoms with Crippen molar-refractivity contribution in [2.45, 2.75) is 97.8 Å². The molecule has 4 heterocycles. The van der Waals surface area contributed by atoms with Crippen molar-refractivity contribution in [1.29, 1.82) is 0 Å². The van der Waals surface area contributed by atoms with E-state index >= 15 is 0 Å².